The van der Waals surface area contributed by atoms with E-state index in [1.54, 1.807) is 0 Å². The molecule has 2 aromatic rings. The highest BCUT2D eigenvalue weighted by atomic mass is 16.3. The van der Waals surface area contributed by atoms with Crippen LogP contribution >= 0.6 is 0 Å². The molecule has 0 aromatic heterocycles. The molecule has 1 fully saturated rings. The van der Waals surface area contributed by atoms with Crippen molar-refractivity contribution in [2.24, 2.45) is 5.92 Å². The molecule has 2 aliphatic rings. The quantitative estimate of drug-likeness (QED) is 0.546. The van der Waals surface area contributed by atoms with Crippen molar-refractivity contribution in [2.75, 3.05) is 19.6 Å². The Morgan fingerprint density at radius 3 is 2.23 bits per heavy atom. The van der Waals surface area contributed by atoms with Crippen molar-refractivity contribution in [3.8, 4) is 11.1 Å². The van der Waals surface area contributed by atoms with Gasteiger partial charge in [0, 0.05) is 25.4 Å². The average molecular weight is 407 g/mol. The van der Waals surface area contributed by atoms with E-state index in [-0.39, 0.29) is 11.8 Å². The zero-order valence-corrected chi connectivity index (χ0v) is 17.8. The van der Waals surface area contributed by atoms with E-state index in [0.717, 1.165) is 12.5 Å². The van der Waals surface area contributed by atoms with Crippen LogP contribution in [0.5, 0.6) is 0 Å². The zero-order valence-electron chi connectivity index (χ0n) is 17.8. The third kappa shape index (κ3) is 5.11. The molecule has 2 aromatic carbocycles. The minimum Gasteiger partial charge on any atom is -0.390 e. The average Bonchev–Trinajstić information content (AvgIpc) is 3.10. The molecule has 1 atom stereocenters. The topological polar surface area (TPSA) is 61.4 Å². The van der Waals surface area contributed by atoms with Crippen LogP contribution < -0.4 is 10.6 Å². The number of aliphatic hydroxyl groups excluding tert-OH is 1. The zero-order chi connectivity index (χ0) is 20.8. The molecule has 30 heavy (non-hydrogen) atoms. The van der Waals surface area contributed by atoms with Gasteiger partial charge in [-0.1, -0.05) is 80.6 Å². The van der Waals surface area contributed by atoms with E-state index in [9.17, 15) is 9.90 Å². The summed E-state index contributed by atoms with van der Waals surface area (Å²) in [7, 11) is 0. The molecule has 4 nitrogen and oxygen atoms in total. The van der Waals surface area contributed by atoms with Gasteiger partial charge < -0.3 is 15.7 Å². The van der Waals surface area contributed by atoms with Crippen LogP contribution in [0.15, 0.2) is 48.5 Å². The SMILES string of the molecule is O=C(CC1c2ccccc2-c2ccccc21)NCC(O)CNCCC1CCCCC1. The Balaban J connectivity index is 1.21. The summed E-state index contributed by atoms with van der Waals surface area (Å²) in [6.45, 7) is 1.78. The van der Waals surface area contributed by atoms with Crippen LogP contribution in [0.2, 0.25) is 0 Å². The van der Waals surface area contributed by atoms with E-state index in [0.29, 0.717) is 19.5 Å². The number of benzene rings is 2. The summed E-state index contributed by atoms with van der Waals surface area (Å²) < 4.78 is 0. The Hall–Kier alpha value is -2.17. The molecule has 2 aliphatic carbocycles. The summed E-state index contributed by atoms with van der Waals surface area (Å²) in [5, 5.41) is 16.5. The van der Waals surface area contributed by atoms with Crippen molar-refractivity contribution in [1.82, 2.24) is 10.6 Å². The first-order valence-corrected chi connectivity index (χ1v) is 11.6. The number of fused-ring (bicyclic) bond motifs is 3. The van der Waals surface area contributed by atoms with Crippen LogP contribution in [0.25, 0.3) is 11.1 Å². The number of aliphatic hydroxyl groups is 1. The molecule has 160 valence electrons. The molecule has 0 heterocycles. The highest BCUT2D eigenvalue weighted by Gasteiger charge is 2.29. The summed E-state index contributed by atoms with van der Waals surface area (Å²) in [6.07, 6.45) is 7.89. The van der Waals surface area contributed by atoms with Crippen LogP contribution in [0.4, 0.5) is 0 Å². The maximum atomic E-state index is 12.6. The van der Waals surface area contributed by atoms with Gasteiger partial charge in [0.15, 0.2) is 0 Å². The maximum Gasteiger partial charge on any atom is 0.221 e. The normalized spacial score (nSPS) is 17.4. The fraction of sp³-hybridized carbons (Fsp3) is 0.500. The number of hydrogen-bond acceptors (Lipinski definition) is 3. The number of rotatable bonds is 9. The summed E-state index contributed by atoms with van der Waals surface area (Å²) in [5.74, 6) is 0.927. The molecule has 0 aliphatic heterocycles. The van der Waals surface area contributed by atoms with E-state index < -0.39 is 6.10 Å². The second-order valence-electron chi connectivity index (χ2n) is 8.89. The van der Waals surface area contributed by atoms with Gasteiger partial charge in [-0.05, 0) is 41.1 Å². The highest BCUT2D eigenvalue weighted by molar-refractivity contribution is 5.84. The van der Waals surface area contributed by atoms with Crippen LogP contribution in [0, 0.1) is 5.92 Å². The Morgan fingerprint density at radius 1 is 0.933 bits per heavy atom. The molecule has 4 rings (SSSR count). The number of carbonyl (C=O) groups is 1. The molecule has 1 amide bonds. The Bertz CT molecular complexity index is 799. The first kappa shape index (κ1) is 21.1. The minimum atomic E-state index is -0.552. The predicted octanol–water partition coefficient (Wildman–Crippen LogP) is 4.23. The van der Waals surface area contributed by atoms with E-state index >= 15 is 0 Å². The van der Waals surface area contributed by atoms with Crippen LogP contribution in [-0.4, -0.2) is 36.8 Å². The third-order valence-corrected chi connectivity index (χ3v) is 6.72. The number of carbonyl (C=O) groups excluding carboxylic acids is 1. The number of hydrogen-bond donors (Lipinski definition) is 3. The minimum absolute atomic E-state index is 0.00670. The van der Waals surface area contributed by atoms with Gasteiger partial charge in [-0.15, -0.1) is 0 Å². The van der Waals surface area contributed by atoms with Gasteiger partial charge in [0.2, 0.25) is 5.91 Å². The molecule has 0 bridgehead atoms. The highest BCUT2D eigenvalue weighted by Crippen LogP contribution is 2.45. The molecule has 1 saturated carbocycles. The number of nitrogens with one attached hydrogen (secondary N) is 2. The van der Waals surface area contributed by atoms with E-state index in [2.05, 4.69) is 47.0 Å². The third-order valence-electron chi connectivity index (χ3n) is 6.72. The second kappa shape index (κ2) is 10.2. The van der Waals surface area contributed by atoms with Gasteiger partial charge in [-0.25, -0.2) is 0 Å². The Labute approximate surface area is 180 Å². The van der Waals surface area contributed by atoms with Crippen molar-refractivity contribution in [3.63, 3.8) is 0 Å². The van der Waals surface area contributed by atoms with Crippen LogP contribution in [-0.2, 0) is 4.79 Å². The summed E-state index contributed by atoms with van der Waals surface area (Å²) in [6, 6.07) is 16.7. The van der Waals surface area contributed by atoms with Gasteiger partial charge in [0.1, 0.15) is 0 Å². The summed E-state index contributed by atoms with van der Waals surface area (Å²) in [4.78, 5) is 12.6. The maximum absolute atomic E-state index is 12.6. The monoisotopic (exact) mass is 406 g/mol. The second-order valence-corrected chi connectivity index (χ2v) is 8.89. The van der Waals surface area contributed by atoms with Crippen molar-refractivity contribution in [3.05, 3.63) is 59.7 Å². The predicted molar refractivity (Wildman–Crippen MR) is 121 cm³/mol. The van der Waals surface area contributed by atoms with Gasteiger partial charge in [-0.3, -0.25) is 4.79 Å². The van der Waals surface area contributed by atoms with E-state index in [1.165, 1.54) is 60.8 Å². The fourth-order valence-electron chi connectivity index (χ4n) is 5.09. The largest absolute Gasteiger partial charge is 0.390 e. The summed E-state index contributed by atoms with van der Waals surface area (Å²) >= 11 is 0. The Morgan fingerprint density at radius 2 is 1.57 bits per heavy atom. The van der Waals surface area contributed by atoms with E-state index in [4.69, 9.17) is 0 Å². The van der Waals surface area contributed by atoms with Gasteiger partial charge >= 0.3 is 0 Å². The van der Waals surface area contributed by atoms with Gasteiger partial charge in [-0.2, -0.15) is 0 Å². The van der Waals surface area contributed by atoms with Crippen molar-refractivity contribution in [2.45, 2.75) is 57.0 Å². The molecule has 4 heteroatoms. The first-order chi connectivity index (χ1) is 14.7. The molecular formula is C26H34N2O2. The van der Waals surface area contributed by atoms with Crippen LogP contribution in [0.1, 0.15) is 62.0 Å². The molecule has 1 unspecified atom stereocenters. The summed E-state index contributed by atoms with van der Waals surface area (Å²) in [5.41, 5.74) is 4.90. The lowest BCUT2D eigenvalue weighted by molar-refractivity contribution is -0.121. The van der Waals surface area contributed by atoms with E-state index in [1.807, 2.05) is 12.1 Å². The first-order valence-electron chi connectivity index (χ1n) is 11.6. The molecular weight excluding hydrogens is 372 g/mol. The lowest BCUT2D eigenvalue weighted by Crippen LogP contribution is -2.39. The fourth-order valence-corrected chi connectivity index (χ4v) is 5.09. The van der Waals surface area contributed by atoms with Crippen molar-refractivity contribution < 1.29 is 9.90 Å². The number of amides is 1. The smallest absolute Gasteiger partial charge is 0.221 e. The molecule has 0 saturated heterocycles. The lowest BCUT2D eigenvalue weighted by atomic mass is 9.87. The van der Waals surface area contributed by atoms with Crippen LogP contribution in [0.3, 0.4) is 0 Å². The Kier molecular flexibility index (Phi) is 7.19. The van der Waals surface area contributed by atoms with Crippen molar-refractivity contribution in [1.29, 1.82) is 0 Å². The standard InChI is InChI=1S/C26H34N2O2/c29-20(17-27-15-14-19-8-2-1-3-9-19)18-28-26(30)16-25-23-12-6-4-10-21(23)22-11-5-7-13-24(22)25/h4-7,10-13,19-20,25,27,29H,1-3,8-9,14-18H2,(H,28,30). The van der Waals surface area contributed by atoms with Gasteiger partial charge in [0.25, 0.3) is 0 Å². The molecule has 0 radical (unpaired) electrons. The molecule has 3 N–H and O–H groups in total. The molecule has 0 spiro atoms. The van der Waals surface area contributed by atoms with Crippen molar-refractivity contribution >= 4 is 5.91 Å². The lowest BCUT2D eigenvalue weighted by Gasteiger charge is -2.22. The van der Waals surface area contributed by atoms with Gasteiger partial charge in [0.05, 0.1) is 6.10 Å².